The number of carbonyl (C=O) groups is 2. The van der Waals surface area contributed by atoms with Gasteiger partial charge >= 0.3 is 11.9 Å². The lowest BCUT2D eigenvalue weighted by Gasteiger charge is -2.16. The Bertz CT molecular complexity index is 939. The molecular weight excluding hydrogens is 366 g/mol. The highest BCUT2D eigenvalue weighted by molar-refractivity contribution is 7.14. The van der Waals surface area contributed by atoms with Crippen molar-refractivity contribution in [1.82, 2.24) is 9.97 Å². The summed E-state index contributed by atoms with van der Waals surface area (Å²) in [6, 6.07) is 1.24. The summed E-state index contributed by atoms with van der Waals surface area (Å²) in [5.41, 5.74) is -2.71. The standard InChI is InChI=1S/C15H15N3O7S/c1-15(2,3)14(21)25-9-8(13(20)24-4)16-11(17-12(9)19)10-7(18(22)23)5-6-26-10/h5-6H,1-4H3,(H,16,17,19). The van der Waals surface area contributed by atoms with Gasteiger partial charge in [0.05, 0.1) is 17.4 Å². The van der Waals surface area contributed by atoms with Crippen molar-refractivity contribution in [3.05, 3.63) is 37.6 Å². The van der Waals surface area contributed by atoms with Crippen molar-refractivity contribution in [2.75, 3.05) is 7.11 Å². The number of esters is 2. The van der Waals surface area contributed by atoms with E-state index in [-0.39, 0.29) is 16.4 Å². The number of nitro groups is 1. The fraction of sp³-hybridized carbons (Fsp3) is 0.333. The molecule has 10 nitrogen and oxygen atoms in total. The van der Waals surface area contributed by atoms with E-state index in [2.05, 4.69) is 14.7 Å². The molecule has 138 valence electrons. The number of carbonyl (C=O) groups excluding carboxylic acids is 2. The molecule has 0 radical (unpaired) electrons. The third-order valence-corrected chi connectivity index (χ3v) is 4.03. The number of nitrogens with one attached hydrogen (secondary N) is 1. The highest BCUT2D eigenvalue weighted by Gasteiger charge is 2.30. The average molecular weight is 381 g/mol. The van der Waals surface area contributed by atoms with Crippen LogP contribution in [0.2, 0.25) is 0 Å². The first-order valence-electron chi connectivity index (χ1n) is 7.23. The smallest absolute Gasteiger partial charge is 0.360 e. The van der Waals surface area contributed by atoms with Gasteiger partial charge in [-0.05, 0) is 26.2 Å². The molecule has 0 fully saturated rings. The van der Waals surface area contributed by atoms with Crippen LogP contribution >= 0.6 is 11.3 Å². The van der Waals surface area contributed by atoms with Gasteiger partial charge in [-0.2, -0.15) is 0 Å². The molecule has 2 aromatic rings. The van der Waals surface area contributed by atoms with Gasteiger partial charge in [0.15, 0.2) is 11.5 Å². The maximum atomic E-state index is 12.4. The van der Waals surface area contributed by atoms with Gasteiger partial charge in [-0.1, -0.05) is 0 Å². The highest BCUT2D eigenvalue weighted by Crippen LogP contribution is 2.33. The minimum absolute atomic E-state index is 0.0472. The van der Waals surface area contributed by atoms with Crippen molar-refractivity contribution in [1.29, 1.82) is 0 Å². The van der Waals surface area contributed by atoms with Crippen LogP contribution in [-0.2, 0) is 9.53 Å². The van der Waals surface area contributed by atoms with Crippen LogP contribution in [0, 0.1) is 15.5 Å². The number of rotatable bonds is 4. The van der Waals surface area contributed by atoms with Gasteiger partial charge in [0, 0.05) is 6.07 Å². The predicted octanol–water partition coefficient (Wildman–Crippen LogP) is 2.14. The highest BCUT2D eigenvalue weighted by atomic mass is 32.1. The Kier molecular flexibility index (Phi) is 5.21. The number of aromatic amines is 1. The molecule has 0 aliphatic heterocycles. The third kappa shape index (κ3) is 3.77. The molecule has 11 heteroatoms. The number of aromatic nitrogens is 2. The second-order valence-electron chi connectivity index (χ2n) is 6.12. The van der Waals surface area contributed by atoms with E-state index in [1.165, 1.54) is 11.4 Å². The number of hydrogen-bond donors (Lipinski definition) is 1. The van der Waals surface area contributed by atoms with Crippen LogP contribution in [0.4, 0.5) is 5.69 Å². The Labute approximate surface area is 150 Å². The average Bonchev–Trinajstić information content (AvgIpc) is 3.04. The van der Waals surface area contributed by atoms with Gasteiger partial charge in [-0.3, -0.25) is 19.7 Å². The molecule has 0 saturated heterocycles. The zero-order valence-electron chi connectivity index (χ0n) is 14.3. The number of nitrogens with zero attached hydrogens (tertiary/aromatic N) is 2. The Morgan fingerprint density at radius 3 is 2.54 bits per heavy atom. The second kappa shape index (κ2) is 7.04. The van der Waals surface area contributed by atoms with Crippen LogP contribution in [0.5, 0.6) is 5.75 Å². The Morgan fingerprint density at radius 1 is 1.35 bits per heavy atom. The first-order chi connectivity index (χ1) is 12.1. The van der Waals surface area contributed by atoms with Gasteiger partial charge < -0.3 is 14.5 Å². The molecule has 2 aromatic heterocycles. The molecule has 0 saturated carbocycles. The molecule has 26 heavy (non-hydrogen) atoms. The second-order valence-corrected chi connectivity index (χ2v) is 7.03. The van der Waals surface area contributed by atoms with E-state index >= 15 is 0 Å². The molecule has 0 unspecified atom stereocenters. The van der Waals surface area contributed by atoms with E-state index < -0.39 is 39.3 Å². The minimum atomic E-state index is -1.02. The largest absolute Gasteiger partial charge is 0.464 e. The summed E-state index contributed by atoms with van der Waals surface area (Å²) >= 11 is 0.958. The molecule has 0 spiro atoms. The summed E-state index contributed by atoms with van der Waals surface area (Å²) in [5.74, 6) is -2.61. The van der Waals surface area contributed by atoms with E-state index in [1.807, 2.05) is 0 Å². The lowest BCUT2D eigenvalue weighted by Crippen LogP contribution is -2.30. The summed E-state index contributed by atoms with van der Waals surface area (Å²) in [4.78, 5) is 53.1. The number of H-pyrrole nitrogens is 1. The van der Waals surface area contributed by atoms with Gasteiger partial charge in [-0.25, -0.2) is 9.78 Å². The number of hydrogen-bond acceptors (Lipinski definition) is 9. The van der Waals surface area contributed by atoms with Crippen molar-refractivity contribution < 1.29 is 24.0 Å². The topological polar surface area (TPSA) is 141 Å². The van der Waals surface area contributed by atoms with Crippen LogP contribution < -0.4 is 10.3 Å². The van der Waals surface area contributed by atoms with Gasteiger partial charge in [0.2, 0.25) is 5.75 Å². The van der Waals surface area contributed by atoms with Crippen molar-refractivity contribution >= 4 is 29.0 Å². The maximum Gasteiger partial charge on any atom is 0.360 e. The first-order valence-corrected chi connectivity index (χ1v) is 8.11. The van der Waals surface area contributed by atoms with Crippen LogP contribution in [0.25, 0.3) is 10.7 Å². The molecule has 0 aliphatic carbocycles. The van der Waals surface area contributed by atoms with E-state index in [1.54, 1.807) is 20.8 Å². The zero-order valence-corrected chi connectivity index (χ0v) is 15.1. The van der Waals surface area contributed by atoms with Crippen molar-refractivity contribution in [3.8, 4) is 16.5 Å². The van der Waals surface area contributed by atoms with Crippen LogP contribution in [0.1, 0.15) is 31.3 Å². The van der Waals surface area contributed by atoms with Crippen LogP contribution in [-0.4, -0.2) is 33.9 Å². The number of ether oxygens (including phenoxy) is 2. The molecule has 0 amide bonds. The molecule has 0 aromatic carbocycles. The fourth-order valence-corrected chi connectivity index (χ4v) is 2.57. The minimum Gasteiger partial charge on any atom is -0.464 e. The quantitative estimate of drug-likeness (QED) is 0.482. The molecule has 2 heterocycles. The SMILES string of the molecule is COC(=O)c1nc(-c2sccc2[N+](=O)[O-])[nH]c(=O)c1OC(=O)C(C)(C)C. The summed E-state index contributed by atoms with van der Waals surface area (Å²) in [6.07, 6.45) is 0. The summed E-state index contributed by atoms with van der Waals surface area (Å²) in [7, 11) is 1.06. The van der Waals surface area contributed by atoms with E-state index in [4.69, 9.17) is 4.74 Å². The zero-order chi connectivity index (χ0) is 19.6. The molecular formula is C15H15N3O7S. The van der Waals surface area contributed by atoms with Gasteiger partial charge in [0.25, 0.3) is 11.2 Å². The van der Waals surface area contributed by atoms with Crippen LogP contribution in [0.15, 0.2) is 16.2 Å². The van der Waals surface area contributed by atoms with Gasteiger partial charge in [-0.15, -0.1) is 11.3 Å². The lowest BCUT2D eigenvalue weighted by molar-refractivity contribution is -0.383. The predicted molar refractivity (Wildman–Crippen MR) is 91.3 cm³/mol. The van der Waals surface area contributed by atoms with E-state index in [9.17, 15) is 24.5 Å². The molecule has 0 aliphatic rings. The van der Waals surface area contributed by atoms with E-state index in [0.29, 0.717) is 0 Å². The summed E-state index contributed by atoms with van der Waals surface area (Å²) < 4.78 is 9.61. The van der Waals surface area contributed by atoms with Crippen molar-refractivity contribution in [3.63, 3.8) is 0 Å². The molecule has 0 atom stereocenters. The first kappa shape index (κ1) is 19.2. The van der Waals surface area contributed by atoms with Gasteiger partial charge in [0.1, 0.15) is 4.88 Å². The fourth-order valence-electron chi connectivity index (χ4n) is 1.77. The lowest BCUT2D eigenvalue weighted by atomic mass is 9.97. The van der Waals surface area contributed by atoms with Crippen LogP contribution in [0.3, 0.4) is 0 Å². The Hall–Kier alpha value is -3.08. The van der Waals surface area contributed by atoms with Crippen molar-refractivity contribution in [2.24, 2.45) is 5.41 Å². The third-order valence-electron chi connectivity index (χ3n) is 3.12. The normalized spacial score (nSPS) is 11.1. The maximum absolute atomic E-state index is 12.4. The van der Waals surface area contributed by atoms with E-state index in [0.717, 1.165) is 18.4 Å². The number of methoxy groups -OCH3 is 1. The molecule has 1 N–H and O–H groups in total. The molecule has 0 bridgehead atoms. The molecule has 2 rings (SSSR count). The number of thiophene rings is 1. The summed E-state index contributed by atoms with van der Waals surface area (Å²) in [6.45, 7) is 4.70. The monoisotopic (exact) mass is 381 g/mol. The summed E-state index contributed by atoms with van der Waals surface area (Å²) in [5, 5.41) is 12.5. The van der Waals surface area contributed by atoms with Crippen molar-refractivity contribution in [2.45, 2.75) is 20.8 Å². The Morgan fingerprint density at radius 2 is 2.00 bits per heavy atom. The Balaban J connectivity index is 2.64.